The first-order chi connectivity index (χ1) is 7.81. The molecule has 1 aliphatic rings. The van der Waals surface area contributed by atoms with E-state index in [1.165, 1.54) is 36.8 Å². The molecule has 1 unspecified atom stereocenters. The highest BCUT2D eigenvalue weighted by molar-refractivity contribution is 8.00. The lowest BCUT2D eigenvalue weighted by Crippen LogP contribution is -2.13. The van der Waals surface area contributed by atoms with E-state index in [9.17, 15) is 0 Å². The lowest BCUT2D eigenvalue weighted by Gasteiger charge is -2.20. The van der Waals surface area contributed by atoms with Gasteiger partial charge in [-0.25, -0.2) is 0 Å². The Balaban J connectivity index is 2.06. The van der Waals surface area contributed by atoms with Crippen LogP contribution in [-0.4, -0.2) is 11.8 Å². The van der Waals surface area contributed by atoms with Crippen LogP contribution in [0, 0.1) is 6.92 Å². The fourth-order valence-corrected chi connectivity index (χ4v) is 4.05. The van der Waals surface area contributed by atoms with E-state index in [2.05, 4.69) is 43.0 Å². The normalized spacial score (nSPS) is 18.9. The maximum absolute atomic E-state index is 5.93. The molecular formula is C14H21NS. The van der Waals surface area contributed by atoms with Gasteiger partial charge in [-0.2, -0.15) is 0 Å². The summed E-state index contributed by atoms with van der Waals surface area (Å²) < 4.78 is 0. The summed E-state index contributed by atoms with van der Waals surface area (Å²) in [6.45, 7) is 2.94. The second-order valence-corrected chi connectivity index (χ2v) is 6.13. The van der Waals surface area contributed by atoms with Gasteiger partial charge in [0.05, 0.1) is 0 Å². The third-order valence-electron chi connectivity index (χ3n) is 3.41. The Labute approximate surface area is 103 Å². The molecule has 1 aromatic rings. The van der Waals surface area contributed by atoms with Crippen molar-refractivity contribution in [2.24, 2.45) is 5.73 Å². The zero-order valence-corrected chi connectivity index (χ0v) is 10.8. The van der Waals surface area contributed by atoms with Crippen molar-refractivity contribution >= 4 is 11.8 Å². The molecule has 1 saturated carbocycles. The molecule has 2 rings (SSSR count). The number of nitrogens with two attached hydrogens (primary N) is 1. The second kappa shape index (κ2) is 5.74. The molecule has 0 saturated heterocycles. The minimum absolute atomic E-state index is 0.490. The Morgan fingerprint density at radius 2 is 2.00 bits per heavy atom. The number of benzene rings is 1. The van der Waals surface area contributed by atoms with Crippen LogP contribution in [0.1, 0.15) is 42.1 Å². The van der Waals surface area contributed by atoms with Gasteiger partial charge in [-0.1, -0.05) is 37.1 Å². The van der Waals surface area contributed by atoms with Gasteiger partial charge in [-0.3, -0.25) is 0 Å². The van der Waals surface area contributed by atoms with Crippen LogP contribution in [0.25, 0.3) is 0 Å². The zero-order chi connectivity index (χ0) is 11.4. The summed E-state index contributed by atoms with van der Waals surface area (Å²) >= 11 is 2.09. The molecule has 2 heteroatoms. The molecule has 1 atom stereocenters. The number of hydrogen-bond donors (Lipinski definition) is 1. The predicted molar refractivity (Wildman–Crippen MR) is 72.8 cm³/mol. The van der Waals surface area contributed by atoms with Crippen LogP contribution in [0.3, 0.4) is 0 Å². The first kappa shape index (κ1) is 12.0. The molecule has 0 radical (unpaired) electrons. The van der Waals surface area contributed by atoms with E-state index in [1.807, 2.05) is 0 Å². The van der Waals surface area contributed by atoms with Crippen molar-refractivity contribution in [1.29, 1.82) is 0 Å². The van der Waals surface area contributed by atoms with Gasteiger partial charge in [-0.05, 0) is 30.9 Å². The molecule has 0 aromatic heterocycles. The molecule has 1 aromatic carbocycles. The van der Waals surface area contributed by atoms with Crippen LogP contribution in [0.15, 0.2) is 24.3 Å². The summed E-state index contributed by atoms with van der Waals surface area (Å²) in [6.07, 6.45) is 5.57. The van der Waals surface area contributed by atoms with Crippen molar-refractivity contribution in [3.63, 3.8) is 0 Å². The maximum Gasteiger partial charge on any atom is 0.0425 e. The van der Waals surface area contributed by atoms with Crippen LogP contribution >= 0.6 is 11.8 Å². The summed E-state index contributed by atoms with van der Waals surface area (Å²) in [7, 11) is 0. The van der Waals surface area contributed by atoms with Crippen LogP contribution < -0.4 is 5.73 Å². The molecule has 0 spiro atoms. The highest BCUT2D eigenvalue weighted by Gasteiger charge is 2.21. The van der Waals surface area contributed by atoms with Gasteiger partial charge in [0.2, 0.25) is 0 Å². The van der Waals surface area contributed by atoms with Gasteiger partial charge in [-0.15, -0.1) is 11.8 Å². The van der Waals surface area contributed by atoms with Crippen molar-refractivity contribution in [2.45, 2.75) is 43.1 Å². The van der Waals surface area contributed by atoms with Gasteiger partial charge in [0, 0.05) is 17.0 Å². The van der Waals surface area contributed by atoms with Gasteiger partial charge in [0.15, 0.2) is 0 Å². The molecule has 1 aliphatic carbocycles. The fourth-order valence-electron chi connectivity index (χ4n) is 2.46. The summed E-state index contributed by atoms with van der Waals surface area (Å²) in [5.41, 5.74) is 8.74. The molecule has 2 N–H and O–H groups in total. The molecule has 16 heavy (non-hydrogen) atoms. The molecule has 1 fully saturated rings. The Morgan fingerprint density at radius 3 is 2.62 bits per heavy atom. The van der Waals surface area contributed by atoms with E-state index < -0.39 is 0 Å². The van der Waals surface area contributed by atoms with Crippen LogP contribution in [-0.2, 0) is 0 Å². The minimum atomic E-state index is 0.490. The van der Waals surface area contributed by atoms with Gasteiger partial charge < -0.3 is 5.73 Å². The van der Waals surface area contributed by atoms with Gasteiger partial charge in [0.25, 0.3) is 0 Å². The Hall–Kier alpha value is -0.470. The van der Waals surface area contributed by atoms with Crippen molar-refractivity contribution in [3.8, 4) is 0 Å². The summed E-state index contributed by atoms with van der Waals surface area (Å²) in [5.74, 6) is 0. The fraction of sp³-hybridized carbons (Fsp3) is 0.571. The average Bonchev–Trinajstić information content (AvgIpc) is 2.80. The Morgan fingerprint density at radius 1 is 1.31 bits per heavy atom. The molecule has 0 bridgehead atoms. The number of rotatable bonds is 4. The van der Waals surface area contributed by atoms with E-state index in [0.29, 0.717) is 5.25 Å². The van der Waals surface area contributed by atoms with Crippen LogP contribution in [0.5, 0.6) is 0 Å². The van der Waals surface area contributed by atoms with E-state index in [4.69, 9.17) is 5.73 Å². The van der Waals surface area contributed by atoms with Gasteiger partial charge in [0.1, 0.15) is 0 Å². The summed E-state index contributed by atoms with van der Waals surface area (Å²) in [4.78, 5) is 0. The molecule has 1 nitrogen and oxygen atoms in total. The highest BCUT2D eigenvalue weighted by Crippen LogP contribution is 2.39. The number of aryl methyl sites for hydroxylation is 1. The van der Waals surface area contributed by atoms with Crippen LogP contribution in [0.4, 0.5) is 0 Å². The topological polar surface area (TPSA) is 26.0 Å². The molecule has 0 heterocycles. The summed E-state index contributed by atoms with van der Waals surface area (Å²) in [6, 6.07) is 8.65. The maximum atomic E-state index is 5.93. The highest BCUT2D eigenvalue weighted by atomic mass is 32.2. The quantitative estimate of drug-likeness (QED) is 0.861. The van der Waals surface area contributed by atoms with Crippen LogP contribution in [0.2, 0.25) is 0 Å². The standard InChI is InChI=1S/C14H21NS/c1-11-6-2-5-9-13(11)14(10-15)16-12-7-3-4-8-12/h2,5-6,9,12,14H,3-4,7-8,10,15H2,1H3. The van der Waals surface area contributed by atoms with Gasteiger partial charge >= 0.3 is 0 Å². The van der Waals surface area contributed by atoms with Crippen molar-refractivity contribution in [2.75, 3.05) is 6.54 Å². The molecule has 88 valence electrons. The lowest BCUT2D eigenvalue weighted by atomic mass is 10.1. The SMILES string of the molecule is Cc1ccccc1C(CN)SC1CCCC1. The Bertz CT molecular complexity index is 331. The zero-order valence-electron chi connectivity index (χ0n) is 9.99. The molecule has 0 amide bonds. The van der Waals surface area contributed by atoms with Crippen molar-refractivity contribution < 1.29 is 0 Å². The predicted octanol–water partition coefficient (Wildman–Crippen LogP) is 3.67. The largest absolute Gasteiger partial charge is 0.329 e. The third kappa shape index (κ3) is 2.80. The third-order valence-corrected chi connectivity index (χ3v) is 5.04. The average molecular weight is 235 g/mol. The molecular weight excluding hydrogens is 214 g/mol. The number of hydrogen-bond acceptors (Lipinski definition) is 2. The van der Waals surface area contributed by atoms with E-state index in [0.717, 1.165) is 11.8 Å². The lowest BCUT2D eigenvalue weighted by molar-refractivity contribution is 0.870. The summed E-state index contributed by atoms with van der Waals surface area (Å²) in [5, 5.41) is 1.33. The van der Waals surface area contributed by atoms with Crippen molar-refractivity contribution in [3.05, 3.63) is 35.4 Å². The first-order valence-corrected chi connectivity index (χ1v) is 7.16. The van der Waals surface area contributed by atoms with Crippen molar-refractivity contribution in [1.82, 2.24) is 0 Å². The minimum Gasteiger partial charge on any atom is -0.329 e. The Kier molecular flexibility index (Phi) is 4.30. The van der Waals surface area contributed by atoms with E-state index in [1.54, 1.807) is 0 Å². The first-order valence-electron chi connectivity index (χ1n) is 6.22. The smallest absolute Gasteiger partial charge is 0.0425 e. The second-order valence-electron chi connectivity index (χ2n) is 4.62. The molecule has 0 aliphatic heterocycles. The number of thioether (sulfide) groups is 1. The van der Waals surface area contributed by atoms with E-state index in [-0.39, 0.29) is 0 Å². The monoisotopic (exact) mass is 235 g/mol. The van der Waals surface area contributed by atoms with E-state index >= 15 is 0 Å².